The molecule has 0 saturated heterocycles. The van der Waals surface area contributed by atoms with E-state index in [9.17, 15) is 14.4 Å². The third-order valence-electron chi connectivity index (χ3n) is 3.15. The van der Waals surface area contributed by atoms with Crippen molar-refractivity contribution in [3.05, 3.63) is 60.2 Å². The van der Waals surface area contributed by atoms with Crippen molar-refractivity contribution in [2.24, 2.45) is 0 Å². The van der Waals surface area contributed by atoms with Gasteiger partial charge in [0.1, 0.15) is 17.8 Å². The van der Waals surface area contributed by atoms with Crippen molar-refractivity contribution < 1.29 is 19.1 Å². The average molecular weight is 303 g/mol. The standard InChI is InChI=1S/C15H14NO4P/c17-21(18,19)14-9-12-7-4-8-13(15(12)16-14)20-10-11-5-2-1-3-6-11/h1-9,16H,10H2,(H2,17,18,19). The number of benzene rings is 2. The second-order valence-electron chi connectivity index (χ2n) is 4.69. The number of aromatic amines is 1. The molecule has 0 aliphatic carbocycles. The molecule has 108 valence electrons. The van der Waals surface area contributed by atoms with Gasteiger partial charge in [0.25, 0.3) is 0 Å². The molecule has 0 atom stereocenters. The Bertz CT molecular complexity index is 807. The van der Waals surface area contributed by atoms with Crippen LogP contribution in [0.5, 0.6) is 5.75 Å². The summed E-state index contributed by atoms with van der Waals surface area (Å²) >= 11 is 0. The summed E-state index contributed by atoms with van der Waals surface area (Å²) in [7, 11) is -4.30. The lowest BCUT2D eigenvalue weighted by atomic mass is 10.2. The highest BCUT2D eigenvalue weighted by molar-refractivity contribution is 7.60. The number of fused-ring (bicyclic) bond motifs is 1. The Morgan fingerprint density at radius 2 is 1.81 bits per heavy atom. The first-order valence-corrected chi connectivity index (χ1v) is 8.00. The molecule has 0 aliphatic rings. The Balaban J connectivity index is 1.92. The highest BCUT2D eigenvalue weighted by Gasteiger charge is 2.20. The van der Waals surface area contributed by atoms with Crippen LogP contribution in [0, 0.1) is 0 Å². The van der Waals surface area contributed by atoms with Crippen LogP contribution in [0.2, 0.25) is 0 Å². The van der Waals surface area contributed by atoms with Gasteiger partial charge in [0, 0.05) is 5.39 Å². The molecule has 1 aromatic heterocycles. The summed E-state index contributed by atoms with van der Waals surface area (Å²) in [5.74, 6) is 0.566. The highest BCUT2D eigenvalue weighted by atomic mass is 31.2. The van der Waals surface area contributed by atoms with Gasteiger partial charge in [0.05, 0.1) is 5.52 Å². The maximum absolute atomic E-state index is 11.3. The third-order valence-corrected chi connectivity index (χ3v) is 4.02. The molecule has 3 rings (SSSR count). The van der Waals surface area contributed by atoms with Gasteiger partial charge in [-0.1, -0.05) is 42.5 Å². The van der Waals surface area contributed by atoms with Crippen LogP contribution < -0.4 is 10.2 Å². The fraction of sp³-hybridized carbons (Fsp3) is 0.0667. The molecule has 5 nitrogen and oxygen atoms in total. The Morgan fingerprint density at radius 1 is 1.05 bits per heavy atom. The summed E-state index contributed by atoms with van der Waals surface area (Å²) < 4.78 is 17.1. The molecule has 0 bridgehead atoms. The second kappa shape index (κ2) is 5.37. The minimum atomic E-state index is -4.30. The normalized spacial score (nSPS) is 11.7. The van der Waals surface area contributed by atoms with Gasteiger partial charge in [-0.3, -0.25) is 4.57 Å². The summed E-state index contributed by atoms with van der Waals surface area (Å²) in [6, 6.07) is 16.5. The van der Waals surface area contributed by atoms with Crippen molar-refractivity contribution in [3.8, 4) is 5.75 Å². The number of hydrogen-bond acceptors (Lipinski definition) is 2. The average Bonchev–Trinajstić information content (AvgIpc) is 2.91. The van der Waals surface area contributed by atoms with Gasteiger partial charge in [-0.2, -0.15) is 0 Å². The van der Waals surface area contributed by atoms with E-state index in [-0.39, 0.29) is 5.44 Å². The monoisotopic (exact) mass is 303 g/mol. The molecule has 0 aliphatic heterocycles. The first-order chi connectivity index (χ1) is 10.0. The Morgan fingerprint density at radius 3 is 2.52 bits per heavy atom. The van der Waals surface area contributed by atoms with Gasteiger partial charge < -0.3 is 19.5 Å². The molecule has 6 heteroatoms. The summed E-state index contributed by atoms with van der Waals surface area (Å²) in [6.07, 6.45) is 0. The van der Waals surface area contributed by atoms with Crippen LogP contribution >= 0.6 is 7.60 Å². The Labute approximate surface area is 121 Å². The number of rotatable bonds is 4. The van der Waals surface area contributed by atoms with E-state index in [2.05, 4.69) is 4.98 Å². The third kappa shape index (κ3) is 3.00. The number of H-pyrrole nitrogens is 1. The molecule has 0 fully saturated rings. The van der Waals surface area contributed by atoms with Crippen molar-refractivity contribution >= 4 is 23.9 Å². The van der Waals surface area contributed by atoms with E-state index in [1.54, 1.807) is 18.2 Å². The Kier molecular flexibility index (Phi) is 3.55. The molecular formula is C15H14NO4P. The van der Waals surface area contributed by atoms with Crippen LogP contribution in [0.4, 0.5) is 0 Å². The summed E-state index contributed by atoms with van der Waals surface area (Å²) in [5.41, 5.74) is 1.51. The number of ether oxygens (including phenoxy) is 1. The van der Waals surface area contributed by atoms with Gasteiger partial charge >= 0.3 is 7.60 Å². The van der Waals surface area contributed by atoms with Crippen LogP contribution in [-0.2, 0) is 11.2 Å². The fourth-order valence-corrected chi connectivity index (χ4v) is 2.69. The van der Waals surface area contributed by atoms with E-state index in [4.69, 9.17) is 4.74 Å². The SMILES string of the molecule is O=P(O)(O)c1cc2cccc(OCc3ccccc3)c2[nH]1. The lowest BCUT2D eigenvalue weighted by Gasteiger charge is -2.07. The van der Waals surface area contributed by atoms with Crippen molar-refractivity contribution in [2.45, 2.75) is 6.61 Å². The maximum atomic E-state index is 11.3. The van der Waals surface area contributed by atoms with E-state index in [1.807, 2.05) is 30.3 Å². The van der Waals surface area contributed by atoms with E-state index in [1.165, 1.54) is 6.07 Å². The highest BCUT2D eigenvalue weighted by Crippen LogP contribution is 2.35. The molecule has 0 radical (unpaired) electrons. The molecule has 0 unspecified atom stereocenters. The van der Waals surface area contributed by atoms with E-state index >= 15 is 0 Å². The zero-order valence-corrected chi connectivity index (χ0v) is 12.0. The van der Waals surface area contributed by atoms with Gasteiger partial charge in [0.15, 0.2) is 0 Å². The lowest BCUT2D eigenvalue weighted by molar-refractivity contribution is 0.309. The van der Waals surface area contributed by atoms with Crippen LogP contribution in [0.25, 0.3) is 10.9 Å². The first-order valence-electron chi connectivity index (χ1n) is 6.38. The molecule has 21 heavy (non-hydrogen) atoms. The predicted molar refractivity (Wildman–Crippen MR) is 80.8 cm³/mol. The largest absolute Gasteiger partial charge is 0.487 e. The van der Waals surface area contributed by atoms with Crippen LogP contribution in [0.1, 0.15) is 5.56 Å². The number of aromatic nitrogens is 1. The van der Waals surface area contributed by atoms with E-state index < -0.39 is 7.60 Å². The number of nitrogens with one attached hydrogen (secondary N) is 1. The van der Waals surface area contributed by atoms with Crippen molar-refractivity contribution in [1.82, 2.24) is 4.98 Å². The molecule has 2 aromatic carbocycles. The summed E-state index contributed by atoms with van der Waals surface area (Å²) in [5, 5.41) is 0.707. The van der Waals surface area contributed by atoms with Gasteiger partial charge in [0.2, 0.25) is 0 Å². The zero-order valence-electron chi connectivity index (χ0n) is 11.1. The molecule has 0 saturated carbocycles. The molecule has 3 aromatic rings. The van der Waals surface area contributed by atoms with Gasteiger partial charge in [-0.25, -0.2) is 0 Å². The molecule has 0 amide bonds. The minimum Gasteiger partial charge on any atom is -0.487 e. The number of hydrogen-bond donors (Lipinski definition) is 3. The van der Waals surface area contributed by atoms with Crippen LogP contribution in [0.15, 0.2) is 54.6 Å². The maximum Gasteiger partial charge on any atom is 0.372 e. The molecular weight excluding hydrogens is 289 g/mol. The molecule has 3 N–H and O–H groups in total. The van der Waals surface area contributed by atoms with Gasteiger partial charge in [-0.05, 0) is 17.7 Å². The van der Waals surface area contributed by atoms with E-state index in [0.717, 1.165) is 5.56 Å². The Hall–Kier alpha value is -2.07. The van der Waals surface area contributed by atoms with Crippen molar-refractivity contribution in [2.75, 3.05) is 0 Å². The van der Waals surface area contributed by atoms with Gasteiger partial charge in [-0.15, -0.1) is 0 Å². The number of para-hydroxylation sites is 1. The summed E-state index contributed by atoms with van der Waals surface area (Å²) in [6.45, 7) is 0.393. The van der Waals surface area contributed by atoms with Crippen molar-refractivity contribution in [3.63, 3.8) is 0 Å². The molecule has 0 spiro atoms. The smallest absolute Gasteiger partial charge is 0.372 e. The second-order valence-corrected chi connectivity index (χ2v) is 6.26. The fourth-order valence-electron chi connectivity index (χ4n) is 2.13. The predicted octanol–water partition coefficient (Wildman–Crippen LogP) is 2.55. The summed E-state index contributed by atoms with van der Waals surface area (Å²) in [4.78, 5) is 21.2. The quantitative estimate of drug-likeness (QED) is 0.647. The molecule has 1 heterocycles. The van der Waals surface area contributed by atoms with Crippen LogP contribution in [-0.4, -0.2) is 14.8 Å². The van der Waals surface area contributed by atoms with Crippen LogP contribution in [0.3, 0.4) is 0 Å². The van der Waals surface area contributed by atoms with Crippen molar-refractivity contribution in [1.29, 1.82) is 0 Å². The van der Waals surface area contributed by atoms with E-state index in [0.29, 0.717) is 23.3 Å². The first kappa shape index (κ1) is 13.9. The zero-order chi connectivity index (χ0) is 14.9. The minimum absolute atomic E-state index is 0.103. The topological polar surface area (TPSA) is 82.6 Å². The lowest BCUT2D eigenvalue weighted by Crippen LogP contribution is -2.03.